The molecule has 5 rings (SSSR count). The van der Waals surface area contributed by atoms with Crippen LogP contribution < -0.4 is 15.5 Å². The minimum atomic E-state index is -0.122. The van der Waals surface area contributed by atoms with Crippen molar-refractivity contribution in [3.63, 3.8) is 0 Å². The van der Waals surface area contributed by atoms with Gasteiger partial charge >= 0.3 is 6.03 Å². The average Bonchev–Trinajstić information content (AvgIpc) is 2.80. The zero-order valence-electron chi connectivity index (χ0n) is 17.0. The number of hydrogen-bond donors (Lipinski definition) is 2. The maximum Gasteiger partial charge on any atom is 0.319 e. The highest BCUT2D eigenvalue weighted by atomic mass is 16.2. The fourth-order valence-electron chi connectivity index (χ4n) is 4.23. The van der Waals surface area contributed by atoms with Gasteiger partial charge in [-0.2, -0.15) is 0 Å². The van der Waals surface area contributed by atoms with Crippen molar-refractivity contribution < 1.29 is 4.79 Å². The molecule has 1 saturated heterocycles. The Hall–Kier alpha value is -3.31. The number of fused-ring (bicyclic) bond motifs is 1. The van der Waals surface area contributed by atoms with Crippen molar-refractivity contribution in [1.29, 1.82) is 0 Å². The van der Waals surface area contributed by atoms with Crippen LogP contribution in [0.3, 0.4) is 0 Å². The molecule has 0 aromatic heterocycles. The van der Waals surface area contributed by atoms with Gasteiger partial charge in [-0.3, -0.25) is 4.90 Å². The van der Waals surface area contributed by atoms with Gasteiger partial charge in [0.05, 0.1) is 0 Å². The van der Waals surface area contributed by atoms with Crippen molar-refractivity contribution in [2.45, 2.75) is 13.1 Å². The summed E-state index contributed by atoms with van der Waals surface area (Å²) in [4.78, 5) is 16.5. The molecular formula is C25H26N4O. The number of urea groups is 1. The molecule has 0 unspecified atom stereocenters. The van der Waals surface area contributed by atoms with Crippen molar-refractivity contribution in [2.75, 3.05) is 36.4 Å². The Morgan fingerprint density at radius 3 is 2.30 bits per heavy atom. The maximum absolute atomic E-state index is 11.6. The zero-order chi connectivity index (χ0) is 20.3. The lowest BCUT2D eigenvalue weighted by atomic mass is 10.0. The van der Waals surface area contributed by atoms with Crippen LogP contribution in [-0.2, 0) is 13.1 Å². The van der Waals surface area contributed by atoms with E-state index in [2.05, 4.69) is 93.2 Å². The predicted octanol–water partition coefficient (Wildman–Crippen LogP) is 4.31. The molecule has 2 amide bonds. The van der Waals surface area contributed by atoms with Gasteiger partial charge in [-0.15, -0.1) is 0 Å². The Balaban J connectivity index is 1.18. The monoisotopic (exact) mass is 398 g/mol. The number of benzene rings is 3. The van der Waals surface area contributed by atoms with Crippen molar-refractivity contribution in [3.8, 4) is 11.1 Å². The van der Waals surface area contributed by atoms with Gasteiger partial charge in [0.25, 0.3) is 0 Å². The molecule has 2 heterocycles. The Morgan fingerprint density at radius 1 is 0.800 bits per heavy atom. The lowest BCUT2D eigenvalue weighted by Crippen LogP contribution is -2.46. The van der Waals surface area contributed by atoms with Gasteiger partial charge in [-0.1, -0.05) is 60.7 Å². The van der Waals surface area contributed by atoms with Crippen LogP contribution in [0.5, 0.6) is 0 Å². The summed E-state index contributed by atoms with van der Waals surface area (Å²) in [6, 6.07) is 25.7. The number of piperazine rings is 1. The molecule has 2 N–H and O–H groups in total. The van der Waals surface area contributed by atoms with Crippen LogP contribution in [0.25, 0.3) is 11.1 Å². The van der Waals surface area contributed by atoms with Crippen LogP contribution in [0.1, 0.15) is 11.1 Å². The lowest BCUT2D eigenvalue weighted by molar-refractivity contribution is 0.249. The summed E-state index contributed by atoms with van der Waals surface area (Å²) >= 11 is 0. The molecule has 30 heavy (non-hydrogen) atoms. The molecule has 5 nitrogen and oxygen atoms in total. The van der Waals surface area contributed by atoms with E-state index in [0.717, 1.165) is 44.0 Å². The summed E-state index contributed by atoms with van der Waals surface area (Å²) in [6.07, 6.45) is 0. The second-order valence-corrected chi connectivity index (χ2v) is 7.98. The second-order valence-electron chi connectivity index (χ2n) is 7.98. The summed E-state index contributed by atoms with van der Waals surface area (Å²) in [6.45, 7) is 5.63. The van der Waals surface area contributed by atoms with E-state index in [0.29, 0.717) is 6.54 Å². The molecule has 0 bridgehead atoms. The van der Waals surface area contributed by atoms with Crippen LogP contribution in [-0.4, -0.2) is 37.1 Å². The van der Waals surface area contributed by atoms with E-state index in [1.165, 1.54) is 22.4 Å². The van der Waals surface area contributed by atoms with Gasteiger partial charge in [0.2, 0.25) is 0 Å². The summed E-state index contributed by atoms with van der Waals surface area (Å²) < 4.78 is 0. The molecule has 0 spiro atoms. The largest absolute Gasteiger partial charge is 0.369 e. The number of rotatable bonds is 4. The van der Waals surface area contributed by atoms with Crippen molar-refractivity contribution in [3.05, 3.63) is 83.9 Å². The van der Waals surface area contributed by atoms with Crippen molar-refractivity contribution in [2.24, 2.45) is 0 Å². The number of nitrogens with zero attached hydrogens (tertiary/aromatic N) is 2. The van der Waals surface area contributed by atoms with Gasteiger partial charge in [0.15, 0.2) is 0 Å². The fraction of sp³-hybridized carbons (Fsp3) is 0.240. The molecule has 0 saturated carbocycles. The number of amides is 2. The third-order valence-corrected chi connectivity index (χ3v) is 5.99. The molecule has 152 valence electrons. The molecular weight excluding hydrogens is 372 g/mol. The number of carbonyl (C=O) groups excluding carboxylic acids is 1. The summed E-state index contributed by atoms with van der Waals surface area (Å²) in [5.41, 5.74) is 7.12. The Labute approximate surface area is 177 Å². The van der Waals surface area contributed by atoms with Gasteiger partial charge < -0.3 is 15.5 Å². The highest BCUT2D eigenvalue weighted by Gasteiger charge is 2.20. The first-order chi connectivity index (χ1) is 14.7. The molecule has 3 aromatic carbocycles. The van der Waals surface area contributed by atoms with Crippen LogP contribution in [0, 0.1) is 0 Å². The van der Waals surface area contributed by atoms with Gasteiger partial charge in [0, 0.05) is 50.6 Å². The number of carbonyl (C=O) groups is 1. The SMILES string of the molecule is O=C1NCc2ccc(N3CCN(Cc4ccc(-c5ccccc5)cc4)CC3)cc2N1. The molecule has 1 fully saturated rings. The van der Waals surface area contributed by atoms with E-state index in [4.69, 9.17) is 0 Å². The van der Waals surface area contributed by atoms with E-state index >= 15 is 0 Å². The first-order valence-corrected chi connectivity index (χ1v) is 10.5. The molecule has 0 atom stereocenters. The van der Waals surface area contributed by atoms with Crippen molar-refractivity contribution in [1.82, 2.24) is 10.2 Å². The summed E-state index contributed by atoms with van der Waals surface area (Å²) in [7, 11) is 0. The standard InChI is InChI=1S/C25H26N4O/c30-25-26-17-22-10-11-23(16-24(22)27-25)29-14-12-28(13-15-29)18-19-6-8-21(9-7-19)20-4-2-1-3-5-20/h1-11,16H,12-15,17-18H2,(H2,26,27,30). The number of nitrogens with one attached hydrogen (secondary N) is 2. The summed E-state index contributed by atoms with van der Waals surface area (Å²) in [5.74, 6) is 0. The zero-order valence-corrected chi connectivity index (χ0v) is 17.0. The Morgan fingerprint density at radius 2 is 1.53 bits per heavy atom. The minimum Gasteiger partial charge on any atom is -0.369 e. The molecule has 5 heteroatoms. The third-order valence-electron chi connectivity index (χ3n) is 5.99. The second kappa shape index (κ2) is 8.20. The highest BCUT2D eigenvalue weighted by molar-refractivity contribution is 5.93. The van der Waals surface area contributed by atoms with E-state index < -0.39 is 0 Å². The lowest BCUT2D eigenvalue weighted by Gasteiger charge is -2.36. The topological polar surface area (TPSA) is 47.6 Å². The first-order valence-electron chi connectivity index (χ1n) is 10.5. The fourth-order valence-corrected chi connectivity index (χ4v) is 4.23. The van der Waals surface area contributed by atoms with E-state index in [1.807, 2.05) is 0 Å². The maximum atomic E-state index is 11.6. The number of anilines is 2. The number of hydrogen-bond acceptors (Lipinski definition) is 3. The Bertz CT molecular complexity index is 1020. The first kappa shape index (κ1) is 18.7. The van der Waals surface area contributed by atoms with Gasteiger partial charge in [-0.05, 0) is 34.4 Å². The van der Waals surface area contributed by atoms with Gasteiger partial charge in [0.1, 0.15) is 0 Å². The van der Waals surface area contributed by atoms with Crippen LogP contribution >= 0.6 is 0 Å². The van der Waals surface area contributed by atoms with E-state index in [9.17, 15) is 4.79 Å². The van der Waals surface area contributed by atoms with Gasteiger partial charge in [-0.25, -0.2) is 4.79 Å². The predicted molar refractivity (Wildman–Crippen MR) is 122 cm³/mol. The molecule has 2 aliphatic rings. The molecule has 3 aromatic rings. The minimum absolute atomic E-state index is 0.122. The molecule has 0 aliphatic carbocycles. The average molecular weight is 399 g/mol. The third kappa shape index (κ3) is 4.02. The quantitative estimate of drug-likeness (QED) is 0.688. The van der Waals surface area contributed by atoms with Crippen molar-refractivity contribution >= 4 is 17.4 Å². The normalized spacial score (nSPS) is 16.5. The van der Waals surface area contributed by atoms with E-state index in [-0.39, 0.29) is 6.03 Å². The smallest absolute Gasteiger partial charge is 0.319 e. The van der Waals surface area contributed by atoms with Crippen LogP contribution in [0.4, 0.5) is 16.2 Å². The van der Waals surface area contributed by atoms with E-state index in [1.54, 1.807) is 0 Å². The molecule has 0 radical (unpaired) electrons. The molecule has 2 aliphatic heterocycles. The van der Waals surface area contributed by atoms with Crippen LogP contribution in [0.2, 0.25) is 0 Å². The summed E-state index contributed by atoms with van der Waals surface area (Å²) in [5, 5.41) is 5.72. The Kier molecular flexibility index (Phi) is 5.11. The van der Waals surface area contributed by atoms with Crippen LogP contribution in [0.15, 0.2) is 72.8 Å². The highest BCUT2D eigenvalue weighted by Crippen LogP contribution is 2.27.